The first-order valence-corrected chi connectivity index (χ1v) is 8.56. The van der Waals surface area contributed by atoms with Crippen LogP contribution in [0.25, 0.3) is 11.3 Å². The molecule has 0 aliphatic carbocycles. The van der Waals surface area contributed by atoms with Crippen molar-refractivity contribution in [3.05, 3.63) is 41.3 Å². The molecule has 0 atom stereocenters. The number of carbonyl (C=O) groups is 1. The average Bonchev–Trinajstić information content (AvgIpc) is 3.36. The number of ether oxygens (including phenoxy) is 2. The first-order valence-electron chi connectivity index (χ1n) is 8.56. The van der Waals surface area contributed by atoms with E-state index in [4.69, 9.17) is 4.52 Å². The molecule has 3 aromatic rings. The van der Waals surface area contributed by atoms with Gasteiger partial charge in [-0.2, -0.15) is 5.10 Å². The van der Waals surface area contributed by atoms with E-state index in [0.717, 1.165) is 11.3 Å². The third kappa shape index (κ3) is 3.00. The minimum absolute atomic E-state index is 0.0653. The van der Waals surface area contributed by atoms with Gasteiger partial charge in [-0.05, 0) is 18.6 Å². The second kappa shape index (κ2) is 5.87. The molecule has 0 radical (unpaired) electrons. The number of benzene rings is 1. The maximum Gasteiger partial charge on any atom is 0.586 e. The lowest BCUT2D eigenvalue weighted by atomic mass is 10.1. The average molecular weight is 401 g/mol. The van der Waals surface area contributed by atoms with Gasteiger partial charge in [0.05, 0.1) is 16.9 Å². The van der Waals surface area contributed by atoms with Crippen LogP contribution in [0.4, 0.5) is 14.5 Å². The van der Waals surface area contributed by atoms with E-state index in [2.05, 4.69) is 30.0 Å². The maximum atomic E-state index is 13.2. The van der Waals surface area contributed by atoms with Gasteiger partial charge in [0.1, 0.15) is 5.84 Å². The van der Waals surface area contributed by atoms with Crippen LogP contribution in [-0.4, -0.2) is 33.0 Å². The van der Waals surface area contributed by atoms with Crippen LogP contribution < -0.4 is 14.8 Å². The van der Waals surface area contributed by atoms with Crippen LogP contribution >= 0.6 is 0 Å². The number of nitrogens with one attached hydrogen (secondary N) is 1. The summed E-state index contributed by atoms with van der Waals surface area (Å²) in [6.45, 7) is 1.82. The lowest BCUT2D eigenvalue weighted by molar-refractivity contribution is -0.286. The van der Waals surface area contributed by atoms with Crippen LogP contribution in [-0.2, 0) is 13.5 Å². The van der Waals surface area contributed by atoms with Crippen molar-refractivity contribution in [3.63, 3.8) is 0 Å². The van der Waals surface area contributed by atoms with Crippen LogP contribution in [0, 0.1) is 6.92 Å². The van der Waals surface area contributed by atoms with E-state index < -0.39 is 12.2 Å². The predicted molar refractivity (Wildman–Crippen MR) is 94.4 cm³/mol. The van der Waals surface area contributed by atoms with E-state index >= 15 is 0 Å². The van der Waals surface area contributed by atoms with Crippen molar-refractivity contribution in [2.75, 3.05) is 0 Å². The minimum Gasteiger partial charge on any atom is -0.395 e. The van der Waals surface area contributed by atoms with Crippen molar-refractivity contribution < 1.29 is 27.6 Å². The number of halogens is 2. The number of aryl methyl sites for hydroxylation is 2. The zero-order valence-electron chi connectivity index (χ0n) is 15.2. The SMILES string of the molecule is Cc1nn(C)cc1-c1cc(C(=O)NC2=Nc3cc4c(cc3C2)OC(F)(F)O4)no1. The highest BCUT2D eigenvalue weighted by molar-refractivity contribution is 6.08. The molecule has 2 aromatic heterocycles. The van der Waals surface area contributed by atoms with Crippen LogP contribution in [0.1, 0.15) is 21.7 Å². The number of carbonyl (C=O) groups excluding carboxylic acids is 1. The zero-order valence-corrected chi connectivity index (χ0v) is 15.2. The summed E-state index contributed by atoms with van der Waals surface area (Å²) < 4.78 is 42.1. The summed E-state index contributed by atoms with van der Waals surface area (Å²) >= 11 is 0. The number of alkyl halides is 2. The molecule has 4 heterocycles. The minimum atomic E-state index is -3.69. The van der Waals surface area contributed by atoms with Crippen molar-refractivity contribution in [2.45, 2.75) is 19.6 Å². The Balaban J connectivity index is 1.32. The van der Waals surface area contributed by atoms with Gasteiger partial charge in [-0.3, -0.25) is 9.48 Å². The fraction of sp³-hybridized carbons (Fsp3) is 0.222. The van der Waals surface area contributed by atoms with Gasteiger partial charge in [0.25, 0.3) is 5.91 Å². The Kier molecular flexibility index (Phi) is 3.51. The Bertz CT molecular complexity index is 1200. The highest BCUT2D eigenvalue weighted by Gasteiger charge is 2.44. The molecule has 0 fully saturated rings. The Hall–Kier alpha value is -3.76. The summed E-state index contributed by atoms with van der Waals surface area (Å²) in [5, 5.41) is 10.7. The first kappa shape index (κ1) is 17.3. The molecule has 0 bridgehead atoms. The molecule has 9 nitrogen and oxygen atoms in total. The second-order valence-corrected chi connectivity index (χ2v) is 6.66. The molecule has 1 amide bonds. The molecule has 0 spiro atoms. The second-order valence-electron chi connectivity index (χ2n) is 6.66. The molecule has 2 aliphatic rings. The summed E-state index contributed by atoms with van der Waals surface area (Å²) in [6, 6.07) is 4.29. The Morgan fingerprint density at radius 3 is 2.72 bits per heavy atom. The van der Waals surface area contributed by atoms with E-state index in [1.165, 1.54) is 18.2 Å². The number of hydrogen-bond donors (Lipinski definition) is 1. The molecule has 1 N–H and O–H groups in total. The number of amides is 1. The van der Waals surface area contributed by atoms with Crippen molar-refractivity contribution in [3.8, 4) is 22.8 Å². The molecule has 11 heteroatoms. The molecule has 5 rings (SSSR count). The largest absolute Gasteiger partial charge is 0.586 e. The molecule has 1 aromatic carbocycles. The van der Waals surface area contributed by atoms with E-state index in [0.29, 0.717) is 22.8 Å². The number of fused-ring (bicyclic) bond motifs is 2. The van der Waals surface area contributed by atoms with Crippen molar-refractivity contribution in [2.24, 2.45) is 12.0 Å². The topological polar surface area (TPSA) is 104 Å². The Labute approximate surface area is 161 Å². The number of aromatic nitrogens is 3. The fourth-order valence-corrected chi connectivity index (χ4v) is 3.26. The Morgan fingerprint density at radius 1 is 1.24 bits per heavy atom. The van der Waals surface area contributed by atoms with Crippen LogP contribution in [0.3, 0.4) is 0 Å². The van der Waals surface area contributed by atoms with Crippen molar-refractivity contribution in [1.82, 2.24) is 20.3 Å². The highest BCUT2D eigenvalue weighted by atomic mass is 19.3. The summed E-state index contributed by atoms with van der Waals surface area (Å²) in [7, 11) is 1.78. The van der Waals surface area contributed by atoms with Gasteiger partial charge in [0, 0.05) is 31.8 Å². The number of rotatable bonds is 2. The van der Waals surface area contributed by atoms with Crippen molar-refractivity contribution in [1.29, 1.82) is 0 Å². The van der Waals surface area contributed by atoms with Gasteiger partial charge >= 0.3 is 6.29 Å². The van der Waals surface area contributed by atoms with E-state index in [1.807, 2.05) is 6.92 Å². The van der Waals surface area contributed by atoms with Crippen molar-refractivity contribution >= 4 is 17.4 Å². The van der Waals surface area contributed by atoms with Gasteiger partial charge in [0.2, 0.25) is 0 Å². The molecule has 0 saturated carbocycles. The summed E-state index contributed by atoms with van der Waals surface area (Å²) in [4.78, 5) is 16.7. The molecule has 2 aliphatic heterocycles. The van der Waals surface area contributed by atoms with Crippen LogP contribution in [0.2, 0.25) is 0 Å². The van der Waals surface area contributed by atoms with Crippen LogP contribution in [0.15, 0.2) is 33.9 Å². The zero-order chi connectivity index (χ0) is 20.3. The quantitative estimate of drug-likeness (QED) is 0.708. The molecule has 148 valence electrons. The number of hydrogen-bond acceptors (Lipinski definition) is 7. The lowest BCUT2D eigenvalue weighted by Gasteiger charge is -2.04. The first-order chi connectivity index (χ1) is 13.8. The molecule has 0 saturated heterocycles. The number of amidine groups is 1. The van der Waals surface area contributed by atoms with Gasteiger partial charge in [-0.15, -0.1) is 8.78 Å². The predicted octanol–water partition coefficient (Wildman–Crippen LogP) is 2.72. The monoisotopic (exact) mass is 401 g/mol. The number of aliphatic imine (C=N–C) groups is 1. The molecule has 29 heavy (non-hydrogen) atoms. The third-order valence-electron chi connectivity index (χ3n) is 4.50. The van der Waals surface area contributed by atoms with E-state index in [1.54, 1.807) is 17.9 Å². The normalized spacial score (nSPS) is 15.9. The third-order valence-corrected chi connectivity index (χ3v) is 4.50. The highest BCUT2D eigenvalue weighted by Crippen LogP contribution is 2.45. The smallest absolute Gasteiger partial charge is 0.395 e. The Morgan fingerprint density at radius 2 is 2.00 bits per heavy atom. The standard InChI is InChI=1S/C18H13F2N5O4/c1-8-10(7-25(2)23-8)13-6-12(24-29-13)17(26)22-16-4-9-3-14-15(5-11(9)21-16)28-18(19,20)27-14/h3,5-7H,4H2,1-2H3,(H,21,22,26). The molecule has 0 unspecified atom stereocenters. The van der Waals surface area contributed by atoms with Crippen LogP contribution in [0.5, 0.6) is 11.5 Å². The summed E-state index contributed by atoms with van der Waals surface area (Å²) in [5.74, 6) is 0.105. The summed E-state index contributed by atoms with van der Waals surface area (Å²) in [6.07, 6.45) is -1.67. The van der Waals surface area contributed by atoms with E-state index in [-0.39, 0.29) is 23.6 Å². The van der Waals surface area contributed by atoms with Gasteiger partial charge < -0.3 is 19.3 Å². The summed E-state index contributed by atoms with van der Waals surface area (Å²) in [5.41, 5.74) is 2.61. The maximum absolute atomic E-state index is 13.2. The molecular weight excluding hydrogens is 388 g/mol. The number of nitrogens with zero attached hydrogens (tertiary/aromatic N) is 4. The molecular formula is C18H13F2N5O4. The van der Waals surface area contributed by atoms with Gasteiger partial charge in [0.15, 0.2) is 23.0 Å². The van der Waals surface area contributed by atoms with Gasteiger partial charge in [-0.25, -0.2) is 4.99 Å². The fourth-order valence-electron chi connectivity index (χ4n) is 3.26. The van der Waals surface area contributed by atoms with Gasteiger partial charge in [-0.1, -0.05) is 5.16 Å². The van der Waals surface area contributed by atoms with E-state index in [9.17, 15) is 13.6 Å². The lowest BCUT2D eigenvalue weighted by Crippen LogP contribution is -2.30.